The average Bonchev–Trinajstić information content (AvgIpc) is 3.23. The monoisotopic (exact) mass is 396 g/mol. The van der Waals surface area contributed by atoms with E-state index in [4.69, 9.17) is 0 Å². The maximum atomic E-state index is 12.2. The molecule has 0 atom stereocenters. The zero-order chi connectivity index (χ0) is 20.1. The molecule has 0 saturated carbocycles. The highest BCUT2D eigenvalue weighted by Gasteiger charge is 2.15. The van der Waals surface area contributed by atoms with E-state index >= 15 is 0 Å². The molecule has 0 aliphatic carbocycles. The van der Waals surface area contributed by atoms with E-state index in [1.807, 2.05) is 35.0 Å². The fourth-order valence-electron chi connectivity index (χ4n) is 2.60. The van der Waals surface area contributed by atoms with E-state index < -0.39 is 10.0 Å². The number of sulfonamides is 1. The number of carbonyl (C=O) groups is 1. The fraction of sp³-hybridized carbons (Fsp3) is 0.100. The van der Waals surface area contributed by atoms with Gasteiger partial charge < -0.3 is 9.88 Å². The van der Waals surface area contributed by atoms with Gasteiger partial charge in [-0.3, -0.25) is 4.79 Å². The summed E-state index contributed by atoms with van der Waals surface area (Å²) in [5.41, 5.74) is 2.84. The average molecular weight is 396 g/mol. The van der Waals surface area contributed by atoms with Crippen LogP contribution in [0.4, 0.5) is 5.69 Å². The zero-order valence-electron chi connectivity index (χ0n) is 15.5. The third-order valence-corrected chi connectivity index (χ3v) is 5.69. The van der Waals surface area contributed by atoms with Crippen molar-refractivity contribution in [3.05, 3.63) is 78.4 Å². The number of benzene rings is 2. The Morgan fingerprint density at radius 1 is 1.14 bits per heavy atom. The molecule has 0 unspecified atom stereocenters. The summed E-state index contributed by atoms with van der Waals surface area (Å²) in [6.45, 7) is 1.70. The normalized spacial score (nSPS) is 11.6. The predicted molar refractivity (Wildman–Crippen MR) is 109 cm³/mol. The smallest absolute Gasteiger partial charge is 0.248 e. The van der Waals surface area contributed by atoms with Crippen molar-refractivity contribution in [2.45, 2.75) is 11.8 Å². The third-order valence-electron chi connectivity index (χ3n) is 4.14. The highest BCUT2D eigenvalue weighted by Crippen LogP contribution is 2.20. The SMILES string of the molecule is CNS(=O)(=O)c1cc(NC(=O)/C=C/c2ccc(-n3ccnc3)cc2)ccc1C. The number of carbonyl (C=O) groups excluding carboxylic acids is 1. The summed E-state index contributed by atoms with van der Waals surface area (Å²) in [6.07, 6.45) is 8.35. The summed E-state index contributed by atoms with van der Waals surface area (Å²) in [5, 5.41) is 2.68. The van der Waals surface area contributed by atoms with Gasteiger partial charge in [-0.05, 0) is 55.4 Å². The number of imidazole rings is 1. The van der Waals surface area contributed by atoms with Gasteiger partial charge in [0.15, 0.2) is 0 Å². The summed E-state index contributed by atoms with van der Waals surface area (Å²) in [5.74, 6) is -0.352. The number of anilines is 1. The molecule has 0 spiro atoms. The molecule has 8 heteroatoms. The molecule has 2 aromatic carbocycles. The predicted octanol–water partition coefficient (Wildman–Crippen LogP) is 2.74. The molecule has 3 aromatic rings. The lowest BCUT2D eigenvalue weighted by Gasteiger charge is -2.09. The maximum absolute atomic E-state index is 12.2. The number of hydrogen-bond donors (Lipinski definition) is 2. The first-order valence-electron chi connectivity index (χ1n) is 8.51. The van der Waals surface area contributed by atoms with Crippen molar-refractivity contribution in [3.63, 3.8) is 0 Å². The van der Waals surface area contributed by atoms with Crippen LogP contribution in [0.5, 0.6) is 0 Å². The Morgan fingerprint density at radius 2 is 1.89 bits per heavy atom. The summed E-state index contributed by atoms with van der Waals surface area (Å²) in [4.78, 5) is 16.3. The second kappa shape index (κ2) is 8.20. The van der Waals surface area contributed by atoms with Crippen LogP contribution in [0.1, 0.15) is 11.1 Å². The first-order valence-corrected chi connectivity index (χ1v) is 9.99. The molecule has 0 aliphatic rings. The van der Waals surface area contributed by atoms with Crippen LogP contribution in [0.3, 0.4) is 0 Å². The van der Waals surface area contributed by atoms with Gasteiger partial charge in [-0.25, -0.2) is 18.1 Å². The summed E-state index contributed by atoms with van der Waals surface area (Å²) >= 11 is 0. The van der Waals surface area contributed by atoms with E-state index in [0.717, 1.165) is 11.3 Å². The van der Waals surface area contributed by atoms with Crippen molar-refractivity contribution >= 4 is 27.7 Å². The third kappa shape index (κ3) is 4.54. The van der Waals surface area contributed by atoms with E-state index in [1.54, 1.807) is 37.7 Å². The molecule has 2 N–H and O–H groups in total. The highest BCUT2D eigenvalue weighted by atomic mass is 32.2. The number of hydrogen-bond acceptors (Lipinski definition) is 4. The van der Waals surface area contributed by atoms with Crippen molar-refractivity contribution in [1.82, 2.24) is 14.3 Å². The molecule has 0 bridgehead atoms. The van der Waals surface area contributed by atoms with Gasteiger partial charge in [-0.1, -0.05) is 18.2 Å². The lowest BCUT2D eigenvalue weighted by atomic mass is 10.2. The Labute approximate surface area is 163 Å². The molecular formula is C20H20N4O3S. The van der Waals surface area contributed by atoms with Gasteiger partial charge in [-0.2, -0.15) is 0 Å². The second-order valence-electron chi connectivity index (χ2n) is 6.07. The summed E-state index contributed by atoms with van der Waals surface area (Å²) < 4.78 is 28.2. The minimum absolute atomic E-state index is 0.131. The number of aromatic nitrogens is 2. The van der Waals surface area contributed by atoms with Crippen molar-refractivity contribution in [1.29, 1.82) is 0 Å². The number of amides is 1. The molecule has 0 saturated heterocycles. The first kappa shape index (κ1) is 19.5. The maximum Gasteiger partial charge on any atom is 0.248 e. The Balaban J connectivity index is 1.69. The van der Waals surface area contributed by atoms with Gasteiger partial charge in [0.1, 0.15) is 0 Å². The second-order valence-corrected chi connectivity index (χ2v) is 7.93. The number of aryl methyl sites for hydroxylation is 1. The highest BCUT2D eigenvalue weighted by molar-refractivity contribution is 7.89. The fourth-order valence-corrected chi connectivity index (χ4v) is 3.60. The van der Waals surface area contributed by atoms with Gasteiger partial charge in [0, 0.05) is 29.8 Å². The standard InChI is InChI=1S/C20H20N4O3S/c1-15-3-7-17(13-19(15)28(26,27)21-2)23-20(25)10-6-16-4-8-18(9-5-16)24-12-11-22-14-24/h3-14,21H,1-2H3,(H,23,25)/b10-6+. The topological polar surface area (TPSA) is 93.1 Å². The Hall–Kier alpha value is -3.23. The van der Waals surface area contributed by atoms with E-state index in [-0.39, 0.29) is 10.8 Å². The van der Waals surface area contributed by atoms with Crippen LogP contribution in [-0.2, 0) is 14.8 Å². The van der Waals surface area contributed by atoms with Crippen molar-refractivity contribution in [2.24, 2.45) is 0 Å². The van der Waals surface area contributed by atoms with Crippen molar-refractivity contribution in [3.8, 4) is 5.69 Å². The molecule has 3 rings (SSSR count). The van der Waals surface area contributed by atoms with Crippen LogP contribution in [0.25, 0.3) is 11.8 Å². The molecule has 1 heterocycles. The van der Waals surface area contributed by atoms with Crippen LogP contribution in [0.15, 0.2) is 72.2 Å². The molecule has 0 aliphatic heterocycles. The Bertz CT molecular complexity index is 1100. The van der Waals surface area contributed by atoms with E-state index in [1.165, 1.54) is 19.2 Å². The lowest BCUT2D eigenvalue weighted by Crippen LogP contribution is -2.20. The van der Waals surface area contributed by atoms with Crippen molar-refractivity contribution in [2.75, 3.05) is 12.4 Å². The van der Waals surface area contributed by atoms with Crippen LogP contribution in [0, 0.1) is 6.92 Å². The van der Waals surface area contributed by atoms with Gasteiger partial charge in [0.25, 0.3) is 0 Å². The lowest BCUT2D eigenvalue weighted by molar-refractivity contribution is -0.111. The Morgan fingerprint density at radius 3 is 2.54 bits per heavy atom. The van der Waals surface area contributed by atoms with Crippen molar-refractivity contribution < 1.29 is 13.2 Å². The van der Waals surface area contributed by atoms with Crippen LogP contribution in [0.2, 0.25) is 0 Å². The molecule has 28 heavy (non-hydrogen) atoms. The number of rotatable bonds is 6. The first-order chi connectivity index (χ1) is 13.4. The molecule has 1 aromatic heterocycles. The molecule has 0 radical (unpaired) electrons. The minimum Gasteiger partial charge on any atom is -0.322 e. The van der Waals surface area contributed by atoms with Gasteiger partial charge in [0.05, 0.1) is 11.2 Å². The zero-order valence-corrected chi connectivity index (χ0v) is 16.3. The van der Waals surface area contributed by atoms with E-state index in [2.05, 4.69) is 15.0 Å². The Kier molecular flexibility index (Phi) is 5.72. The van der Waals surface area contributed by atoms with E-state index in [9.17, 15) is 13.2 Å². The van der Waals surface area contributed by atoms with Gasteiger partial charge in [0.2, 0.25) is 15.9 Å². The molecule has 144 valence electrons. The van der Waals surface area contributed by atoms with Crippen LogP contribution < -0.4 is 10.0 Å². The van der Waals surface area contributed by atoms with Crippen LogP contribution >= 0.6 is 0 Å². The summed E-state index contributed by atoms with van der Waals surface area (Å²) in [6, 6.07) is 12.4. The van der Waals surface area contributed by atoms with Gasteiger partial charge in [-0.15, -0.1) is 0 Å². The number of nitrogens with zero attached hydrogens (tertiary/aromatic N) is 2. The van der Waals surface area contributed by atoms with Gasteiger partial charge >= 0.3 is 0 Å². The summed E-state index contributed by atoms with van der Waals surface area (Å²) in [7, 11) is -2.24. The van der Waals surface area contributed by atoms with Crippen LogP contribution in [-0.4, -0.2) is 30.9 Å². The molecule has 7 nitrogen and oxygen atoms in total. The van der Waals surface area contributed by atoms with E-state index in [0.29, 0.717) is 11.3 Å². The molecular weight excluding hydrogens is 376 g/mol. The molecule has 1 amide bonds. The largest absolute Gasteiger partial charge is 0.322 e. The minimum atomic E-state index is -3.59. The molecule has 0 fully saturated rings. The quantitative estimate of drug-likeness (QED) is 0.627. The number of nitrogens with one attached hydrogen (secondary N) is 2.